The molecule has 0 N–H and O–H groups in total. The molecule has 1 unspecified atom stereocenters. The summed E-state index contributed by atoms with van der Waals surface area (Å²) in [6.45, 7) is 6.90. The Kier molecular flexibility index (Phi) is 5.06. The highest BCUT2D eigenvalue weighted by atomic mass is 32.2. The van der Waals surface area contributed by atoms with Gasteiger partial charge >= 0.3 is 5.69 Å². The molecule has 0 aliphatic rings. The fraction of sp³-hybridized carbons (Fsp3) is 0.538. The molecule has 0 bridgehead atoms. The van der Waals surface area contributed by atoms with E-state index in [9.17, 15) is 22.9 Å². The zero-order chi connectivity index (χ0) is 16.5. The molecule has 6 nitrogen and oxygen atoms in total. The minimum atomic E-state index is -3.92. The summed E-state index contributed by atoms with van der Waals surface area (Å²) in [6.07, 6.45) is 0. The summed E-state index contributed by atoms with van der Waals surface area (Å²) >= 11 is 0. The van der Waals surface area contributed by atoms with Gasteiger partial charge in [-0.15, -0.1) is 0 Å². The Morgan fingerprint density at radius 2 is 1.81 bits per heavy atom. The molecule has 0 spiro atoms. The van der Waals surface area contributed by atoms with E-state index in [1.807, 2.05) is 13.8 Å². The van der Waals surface area contributed by atoms with Crippen molar-refractivity contribution in [2.24, 2.45) is 5.92 Å². The van der Waals surface area contributed by atoms with Crippen molar-refractivity contribution in [2.45, 2.75) is 38.6 Å². The van der Waals surface area contributed by atoms with Crippen molar-refractivity contribution < 1.29 is 17.7 Å². The van der Waals surface area contributed by atoms with Gasteiger partial charge in [-0.3, -0.25) is 10.1 Å². The summed E-state index contributed by atoms with van der Waals surface area (Å²) in [6, 6.07) is 1.36. The highest BCUT2D eigenvalue weighted by Crippen LogP contribution is 2.28. The van der Waals surface area contributed by atoms with Gasteiger partial charge in [0.15, 0.2) is 0 Å². The number of hydrogen-bond donors (Lipinski definition) is 0. The van der Waals surface area contributed by atoms with E-state index in [4.69, 9.17) is 0 Å². The molecule has 0 heterocycles. The number of halogens is 1. The lowest BCUT2D eigenvalue weighted by atomic mass is 10.1. The predicted octanol–water partition coefficient (Wildman–Crippen LogP) is 2.71. The molecule has 1 aromatic rings. The van der Waals surface area contributed by atoms with Crippen LogP contribution < -0.4 is 0 Å². The standard InChI is InChI=1S/C13H19FN2O4S/c1-8(2)10(4)15(5)21(19,20)13-7-12(16(17)18)11(14)6-9(13)3/h6-8,10H,1-5H3. The number of benzene rings is 1. The van der Waals surface area contributed by atoms with Crippen LogP contribution in [0.3, 0.4) is 0 Å². The summed E-state index contributed by atoms with van der Waals surface area (Å²) in [5, 5.41) is 10.8. The topological polar surface area (TPSA) is 80.5 Å². The molecular formula is C13H19FN2O4S. The first-order chi connectivity index (χ1) is 9.50. The number of rotatable bonds is 5. The van der Waals surface area contributed by atoms with Crippen LogP contribution in [0.5, 0.6) is 0 Å². The summed E-state index contributed by atoms with van der Waals surface area (Å²) in [7, 11) is -2.51. The number of aryl methyl sites for hydroxylation is 1. The van der Waals surface area contributed by atoms with Gasteiger partial charge in [-0.2, -0.15) is 8.70 Å². The van der Waals surface area contributed by atoms with Gasteiger partial charge in [0.25, 0.3) is 0 Å². The number of nitro benzene ring substituents is 1. The average Bonchev–Trinajstić information content (AvgIpc) is 2.35. The molecule has 21 heavy (non-hydrogen) atoms. The van der Waals surface area contributed by atoms with E-state index < -0.39 is 26.5 Å². The van der Waals surface area contributed by atoms with Gasteiger partial charge in [0.1, 0.15) is 0 Å². The normalized spacial score (nSPS) is 13.7. The van der Waals surface area contributed by atoms with Crippen molar-refractivity contribution in [1.82, 2.24) is 4.31 Å². The van der Waals surface area contributed by atoms with Gasteiger partial charge < -0.3 is 0 Å². The maximum absolute atomic E-state index is 13.5. The Morgan fingerprint density at radius 3 is 2.24 bits per heavy atom. The van der Waals surface area contributed by atoms with Crippen LogP contribution >= 0.6 is 0 Å². The van der Waals surface area contributed by atoms with Gasteiger partial charge in [0.05, 0.1) is 9.82 Å². The fourth-order valence-electron chi connectivity index (χ4n) is 1.85. The number of nitrogens with zero attached hydrogens (tertiary/aromatic N) is 2. The second-order valence-corrected chi connectivity index (χ2v) is 7.30. The maximum Gasteiger partial charge on any atom is 0.306 e. The third kappa shape index (κ3) is 3.38. The molecule has 0 aromatic heterocycles. The van der Waals surface area contributed by atoms with E-state index in [1.54, 1.807) is 6.92 Å². The van der Waals surface area contributed by atoms with E-state index in [2.05, 4.69) is 0 Å². The van der Waals surface area contributed by atoms with Crippen molar-refractivity contribution in [1.29, 1.82) is 0 Å². The molecule has 0 radical (unpaired) electrons. The van der Waals surface area contributed by atoms with E-state index in [1.165, 1.54) is 14.0 Å². The van der Waals surface area contributed by atoms with Crippen LogP contribution in [0, 0.1) is 28.8 Å². The highest BCUT2D eigenvalue weighted by molar-refractivity contribution is 7.89. The van der Waals surface area contributed by atoms with Crippen LogP contribution in [0.4, 0.5) is 10.1 Å². The van der Waals surface area contributed by atoms with Crippen molar-refractivity contribution in [3.63, 3.8) is 0 Å². The SMILES string of the molecule is Cc1cc(F)c([N+](=O)[O-])cc1S(=O)(=O)N(C)C(C)C(C)C. The number of hydrogen-bond acceptors (Lipinski definition) is 4. The Bertz CT molecular complexity index is 658. The van der Waals surface area contributed by atoms with Gasteiger partial charge in [-0.25, -0.2) is 8.42 Å². The quantitative estimate of drug-likeness (QED) is 0.617. The molecular weight excluding hydrogens is 299 g/mol. The zero-order valence-corrected chi connectivity index (χ0v) is 13.4. The Hall–Kier alpha value is -1.54. The van der Waals surface area contributed by atoms with Crippen LogP contribution in [0.1, 0.15) is 26.3 Å². The molecule has 1 aromatic carbocycles. The van der Waals surface area contributed by atoms with Gasteiger partial charge in [0, 0.05) is 19.2 Å². The lowest BCUT2D eigenvalue weighted by molar-refractivity contribution is -0.387. The van der Waals surface area contributed by atoms with Gasteiger partial charge in [-0.05, 0) is 31.4 Å². The molecule has 0 amide bonds. The summed E-state index contributed by atoms with van der Waals surface area (Å²) in [4.78, 5) is 9.61. The highest BCUT2D eigenvalue weighted by Gasteiger charge is 2.31. The Morgan fingerprint density at radius 1 is 1.29 bits per heavy atom. The Labute approximate surface area is 123 Å². The van der Waals surface area contributed by atoms with Crippen LogP contribution in [0.2, 0.25) is 0 Å². The maximum atomic E-state index is 13.5. The number of sulfonamides is 1. The zero-order valence-electron chi connectivity index (χ0n) is 12.6. The van der Waals surface area contributed by atoms with Crippen LogP contribution in [0.25, 0.3) is 0 Å². The average molecular weight is 318 g/mol. The molecule has 8 heteroatoms. The minimum Gasteiger partial charge on any atom is -0.258 e. The van der Waals surface area contributed by atoms with Crippen LogP contribution in [-0.2, 0) is 10.0 Å². The van der Waals surface area contributed by atoms with Crippen molar-refractivity contribution >= 4 is 15.7 Å². The van der Waals surface area contributed by atoms with E-state index >= 15 is 0 Å². The molecule has 0 aliphatic heterocycles. The predicted molar refractivity (Wildman–Crippen MR) is 77.0 cm³/mol. The lowest BCUT2D eigenvalue weighted by Crippen LogP contribution is -2.38. The smallest absolute Gasteiger partial charge is 0.258 e. The van der Waals surface area contributed by atoms with Gasteiger partial charge in [-0.1, -0.05) is 13.8 Å². The van der Waals surface area contributed by atoms with E-state index in [0.29, 0.717) is 0 Å². The molecule has 0 aliphatic carbocycles. The third-order valence-corrected chi connectivity index (χ3v) is 5.72. The molecule has 1 rings (SSSR count). The molecule has 0 saturated carbocycles. The van der Waals surface area contributed by atoms with Crippen molar-refractivity contribution in [3.8, 4) is 0 Å². The summed E-state index contributed by atoms with van der Waals surface area (Å²) in [5.74, 6) is -0.975. The van der Waals surface area contributed by atoms with E-state index in [-0.39, 0.29) is 22.4 Å². The lowest BCUT2D eigenvalue weighted by Gasteiger charge is -2.27. The monoisotopic (exact) mass is 318 g/mol. The molecule has 0 saturated heterocycles. The van der Waals surface area contributed by atoms with E-state index in [0.717, 1.165) is 16.4 Å². The molecule has 1 atom stereocenters. The fourth-order valence-corrected chi connectivity index (χ4v) is 3.57. The van der Waals surface area contributed by atoms with Crippen LogP contribution in [-0.4, -0.2) is 30.7 Å². The van der Waals surface area contributed by atoms with Crippen molar-refractivity contribution in [3.05, 3.63) is 33.6 Å². The van der Waals surface area contributed by atoms with Crippen LogP contribution in [0.15, 0.2) is 17.0 Å². The third-order valence-electron chi connectivity index (χ3n) is 3.64. The molecule has 0 fully saturated rings. The molecule has 118 valence electrons. The van der Waals surface area contributed by atoms with Gasteiger partial charge in [0.2, 0.25) is 15.8 Å². The Balaban J connectivity index is 3.45. The first-order valence-electron chi connectivity index (χ1n) is 6.42. The summed E-state index contributed by atoms with van der Waals surface area (Å²) in [5.41, 5.74) is -0.703. The van der Waals surface area contributed by atoms with Crippen molar-refractivity contribution in [2.75, 3.05) is 7.05 Å². The largest absolute Gasteiger partial charge is 0.306 e. The summed E-state index contributed by atoms with van der Waals surface area (Å²) < 4.78 is 39.8. The first kappa shape index (κ1) is 17.5. The first-order valence-corrected chi connectivity index (χ1v) is 7.86. The second-order valence-electron chi connectivity index (χ2n) is 5.33. The second kappa shape index (κ2) is 6.07. The number of nitro groups is 1. The minimum absolute atomic E-state index is 0.0699.